The highest BCUT2D eigenvalue weighted by Gasteiger charge is 2.05. The number of hydrogen-bond acceptors (Lipinski definition) is 2. The van der Waals surface area contributed by atoms with Crippen LogP contribution in [-0.4, -0.2) is 24.9 Å². The Morgan fingerprint density at radius 2 is 1.14 bits per heavy atom. The summed E-state index contributed by atoms with van der Waals surface area (Å²) in [6, 6.07) is 15.2. The standard InChI is InChI=1S/C22H26Cl2N2O2/c23-19-7-3-5-17(15-19)11-13-25-21(27)9-1-2-10-22(28)26-14-12-18-6-4-8-20(24)16-18/h3-8,15-16H,1-2,9-14H2,(H,25,27)(H,26,28). The molecule has 28 heavy (non-hydrogen) atoms. The molecule has 0 saturated carbocycles. The Bertz CT molecular complexity index is 715. The number of nitrogens with one attached hydrogen (secondary N) is 2. The molecule has 0 unspecified atom stereocenters. The van der Waals surface area contributed by atoms with Crippen molar-refractivity contribution in [3.05, 3.63) is 69.7 Å². The van der Waals surface area contributed by atoms with Crippen molar-refractivity contribution < 1.29 is 9.59 Å². The zero-order valence-electron chi connectivity index (χ0n) is 15.8. The molecule has 0 aromatic heterocycles. The topological polar surface area (TPSA) is 58.2 Å². The number of amides is 2. The van der Waals surface area contributed by atoms with Crippen LogP contribution in [0.15, 0.2) is 48.5 Å². The number of carbonyl (C=O) groups is 2. The summed E-state index contributed by atoms with van der Waals surface area (Å²) in [6.07, 6.45) is 3.77. The van der Waals surface area contributed by atoms with Crippen molar-refractivity contribution >= 4 is 35.0 Å². The van der Waals surface area contributed by atoms with Gasteiger partial charge in [-0.15, -0.1) is 0 Å². The highest BCUT2D eigenvalue weighted by Crippen LogP contribution is 2.11. The van der Waals surface area contributed by atoms with Gasteiger partial charge in [-0.25, -0.2) is 0 Å². The van der Waals surface area contributed by atoms with E-state index in [1.165, 1.54) is 0 Å². The molecule has 0 saturated heterocycles. The second kappa shape index (κ2) is 12.4. The zero-order valence-corrected chi connectivity index (χ0v) is 17.4. The van der Waals surface area contributed by atoms with Crippen LogP contribution in [-0.2, 0) is 22.4 Å². The Morgan fingerprint density at radius 1 is 0.714 bits per heavy atom. The number of halogens is 2. The normalized spacial score (nSPS) is 10.5. The van der Waals surface area contributed by atoms with E-state index < -0.39 is 0 Å². The van der Waals surface area contributed by atoms with Crippen molar-refractivity contribution in [2.24, 2.45) is 0 Å². The first-order valence-corrected chi connectivity index (χ1v) is 10.3. The fourth-order valence-corrected chi connectivity index (χ4v) is 3.25. The predicted molar refractivity (Wildman–Crippen MR) is 115 cm³/mol. The molecule has 4 nitrogen and oxygen atoms in total. The summed E-state index contributed by atoms with van der Waals surface area (Å²) >= 11 is 11.9. The maximum Gasteiger partial charge on any atom is 0.220 e. The van der Waals surface area contributed by atoms with Gasteiger partial charge in [0.25, 0.3) is 0 Å². The van der Waals surface area contributed by atoms with E-state index in [4.69, 9.17) is 23.2 Å². The van der Waals surface area contributed by atoms with E-state index in [-0.39, 0.29) is 11.8 Å². The van der Waals surface area contributed by atoms with E-state index in [0.717, 1.165) is 24.0 Å². The molecule has 150 valence electrons. The SMILES string of the molecule is O=C(CCCCC(=O)NCCc1cccc(Cl)c1)NCCc1cccc(Cl)c1. The zero-order chi connectivity index (χ0) is 20.2. The van der Waals surface area contributed by atoms with Gasteiger partial charge in [0, 0.05) is 36.0 Å². The molecule has 2 amide bonds. The molecule has 2 aromatic rings. The highest BCUT2D eigenvalue weighted by atomic mass is 35.5. The quantitative estimate of drug-likeness (QED) is 0.522. The molecule has 0 aliphatic rings. The van der Waals surface area contributed by atoms with Gasteiger partial charge >= 0.3 is 0 Å². The first-order valence-electron chi connectivity index (χ1n) is 9.55. The van der Waals surface area contributed by atoms with E-state index in [1.807, 2.05) is 48.5 Å². The largest absolute Gasteiger partial charge is 0.356 e. The number of carbonyl (C=O) groups excluding carboxylic acids is 2. The summed E-state index contributed by atoms with van der Waals surface area (Å²) in [7, 11) is 0. The number of hydrogen-bond donors (Lipinski definition) is 2. The number of rotatable bonds is 11. The van der Waals surface area contributed by atoms with Crippen molar-refractivity contribution in [2.75, 3.05) is 13.1 Å². The summed E-state index contributed by atoms with van der Waals surface area (Å²) in [6.45, 7) is 1.17. The van der Waals surface area contributed by atoms with Crippen LogP contribution in [0.4, 0.5) is 0 Å². The maximum absolute atomic E-state index is 11.9. The van der Waals surface area contributed by atoms with Crippen LogP contribution in [0.1, 0.15) is 36.8 Å². The minimum Gasteiger partial charge on any atom is -0.356 e. The average molecular weight is 421 g/mol. The number of benzene rings is 2. The third-order valence-corrected chi connectivity index (χ3v) is 4.78. The number of unbranched alkanes of at least 4 members (excludes halogenated alkanes) is 1. The van der Waals surface area contributed by atoms with E-state index in [9.17, 15) is 9.59 Å². The summed E-state index contributed by atoms with van der Waals surface area (Å²) in [5, 5.41) is 7.21. The van der Waals surface area contributed by atoms with Crippen molar-refractivity contribution in [1.82, 2.24) is 10.6 Å². The second-order valence-corrected chi connectivity index (χ2v) is 7.54. The van der Waals surface area contributed by atoms with Gasteiger partial charge < -0.3 is 10.6 Å². The molecule has 0 spiro atoms. The third-order valence-electron chi connectivity index (χ3n) is 4.31. The average Bonchev–Trinajstić information content (AvgIpc) is 2.65. The molecular weight excluding hydrogens is 395 g/mol. The molecule has 6 heteroatoms. The molecule has 0 bridgehead atoms. The second-order valence-electron chi connectivity index (χ2n) is 6.67. The Kier molecular flexibility index (Phi) is 9.87. The van der Waals surface area contributed by atoms with Crippen LogP contribution < -0.4 is 10.6 Å². The Morgan fingerprint density at radius 3 is 1.54 bits per heavy atom. The molecule has 0 radical (unpaired) electrons. The van der Waals surface area contributed by atoms with Crippen LogP contribution in [0.25, 0.3) is 0 Å². The summed E-state index contributed by atoms with van der Waals surface area (Å²) in [4.78, 5) is 23.7. The lowest BCUT2D eigenvalue weighted by molar-refractivity contribution is -0.123. The van der Waals surface area contributed by atoms with Crippen LogP contribution >= 0.6 is 23.2 Å². The molecule has 2 aromatic carbocycles. The first kappa shape index (κ1) is 22.3. The molecule has 0 atom stereocenters. The summed E-state index contributed by atoms with van der Waals surface area (Å²) in [5.74, 6) is 0.0341. The lowest BCUT2D eigenvalue weighted by atomic mass is 10.1. The minimum atomic E-state index is 0.0170. The van der Waals surface area contributed by atoms with Gasteiger partial charge in [0.2, 0.25) is 11.8 Å². The first-order chi connectivity index (χ1) is 13.5. The fraction of sp³-hybridized carbons (Fsp3) is 0.364. The minimum absolute atomic E-state index is 0.0170. The Hall–Kier alpha value is -2.04. The summed E-state index contributed by atoms with van der Waals surface area (Å²) in [5.41, 5.74) is 2.20. The Balaban J connectivity index is 1.49. The molecule has 0 aliphatic carbocycles. The molecule has 0 fully saturated rings. The van der Waals surface area contributed by atoms with Crippen molar-refractivity contribution in [2.45, 2.75) is 38.5 Å². The Labute approximate surface area is 176 Å². The van der Waals surface area contributed by atoms with Crippen molar-refractivity contribution in [3.63, 3.8) is 0 Å². The van der Waals surface area contributed by atoms with Crippen molar-refractivity contribution in [3.8, 4) is 0 Å². The van der Waals surface area contributed by atoms with Gasteiger partial charge in [-0.3, -0.25) is 9.59 Å². The lowest BCUT2D eigenvalue weighted by Gasteiger charge is -2.07. The van der Waals surface area contributed by atoms with Crippen molar-refractivity contribution in [1.29, 1.82) is 0 Å². The summed E-state index contributed by atoms with van der Waals surface area (Å²) < 4.78 is 0. The fourth-order valence-electron chi connectivity index (χ4n) is 2.83. The van der Waals surface area contributed by atoms with Gasteiger partial charge in [-0.1, -0.05) is 47.5 Å². The van der Waals surface area contributed by atoms with Crippen LogP contribution in [0.5, 0.6) is 0 Å². The van der Waals surface area contributed by atoms with Gasteiger partial charge in [-0.05, 0) is 61.1 Å². The van der Waals surface area contributed by atoms with E-state index in [1.54, 1.807) is 0 Å². The van der Waals surface area contributed by atoms with Gasteiger partial charge in [0.15, 0.2) is 0 Å². The maximum atomic E-state index is 11.9. The molecular formula is C22H26Cl2N2O2. The molecule has 0 aliphatic heterocycles. The van der Waals surface area contributed by atoms with Gasteiger partial charge in [0.05, 0.1) is 0 Å². The molecule has 2 rings (SSSR count). The van der Waals surface area contributed by atoms with Crippen LogP contribution in [0.2, 0.25) is 10.0 Å². The van der Waals surface area contributed by atoms with Gasteiger partial charge in [0.1, 0.15) is 0 Å². The predicted octanol–water partition coefficient (Wildman–Crippen LogP) is 4.57. The van der Waals surface area contributed by atoms with Crippen LogP contribution in [0.3, 0.4) is 0 Å². The monoisotopic (exact) mass is 420 g/mol. The van der Waals surface area contributed by atoms with Gasteiger partial charge in [-0.2, -0.15) is 0 Å². The van der Waals surface area contributed by atoms with Crippen LogP contribution in [0, 0.1) is 0 Å². The van der Waals surface area contributed by atoms with E-state index >= 15 is 0 Å². The van der Waals surface area contributed by atoms with E-state index in [2.05, 4.69) is 10.6 Å². The molecule has 0 heterocycles. The lowest BCUT2D eigenvalue weighted by Crippen LogP contribution is -2.26. The van der Waals surface area contributed by atoms with E-state index in [0.29, 0.717) is 48.8 Å². The molecule has 2 N–H and O–H groups in total. The smallest absolute Gasteiger partial charge is 0.220 e. The highest BCUT2D eigenvalue weighted by molar-refractivity contribution is 6.30. The third kappa shape index (κ3) is 9.25.